The highest BCUT2D eigenvalue weighted by atomic mass is 32.2. The number of rotatable bonds is 7. The van der Waals surface area contributed by atoms with E-state index in [1.165, 1.54) is 6.07 Å². The standard InChI is InChI=1S/C18H19N5O2S/c1-3-9-23-15(20)10-16(24)22-18(23)26-14(4-2)17(25)21-13-8-6-5-7-12(13)11-19/h3,5-8,10,14H,1,4,9,20H2,2H3,(H,21,25)/t14-/m1/s1. The Morgan fingerprint density at radius 3 is 2.92 bits per heavy atom. The molecule has 134 valence electrons. The summed E-state index contributed by atoms with van der Waals surface area (Å²) in [4.78, 5) is 28.3. The van der Waals surface area contributed by atoms with Gasteiger partial charge in [-0.15, -0.1) is 6.58 Å². The molecular weight excluding hydrogens is 350 g/mol. The Bertz CT molecular complexity index is 917. The van der Waals surface area contributed by atoms with Crippen molar-refractivity contribution in [3.05, 3.63) is 58.9 Å². The Balaban J connectivity index is 2.27. The van der Waals surface area contributed by atoms with Gasteiger partial charge in [0.05, 0.1) is 16.5 Å². The van der Waals surface area contributed by atoms with Gasteiger partial charge in [0.25, 0.3) is 5.56 Å². The van der Waals surface area contributed by atoms with Crippen LogP contribution in [0.25, 0.3) is 0 Å². The van der Waals surface area contributed by atoms with Crippen molar-refractivity contribution in [2.45, 2.75) is 30.3 Å². The summed E-state index contributed by atoms with van der Waals surface area (Å²) in [7, 11) is 0. The molecule has 1 atom stereocenters. The number of nitriles is 1. The second-order valence-corrected chi connectivity index (χ2v) is 6.53. The summed E-state index contributed by atoms with van der Waals surface area (Å²) in [6, 6.07) is 10.0. The second-order valence-electron chi connectivity index (χ2n) is 5.36. The minimum absolute atomic E-state index is 0.262. The number of anilines is 2. The minimum Gasteiger partial charge on any atom is -0.385 e. The highest BCUT2D eigenvalue weighted by Gasteiger charge is 2.22. The summed E-state index contributed by atoms with van der Waals surface area (Å²) in [5.41, 5.74) is 6.25. The Morgan fingerprint density at radius 1 is 1.54 bits per heavy atom. The number of carbonyl (C=O) groups is 1. The summed E-state index contributed by atoms with van der Waals surface area (Å²) < 4.78 is 1.62. The first-order valence-electron chi connectivity index (χ1n) is 7.95. The van der Waals surface area contributed by atoms with Crippen molar-refractivity contribution in [1.82, 2.24) is 9.55 Å². The van der Waals surface area contributed by atoms with Crippen LogP contribution in [0.2, 0.25) is 0 Å². The van der Waals surface area contributed by atoms with Gasteiger partial charge in [-0.25, -0.2) is 0 Å². The normalized spacial score (nSPS) is 11.4. The molecule has 1 aromatic heterocycles. The second kappa shape index (κ2) is 8.87. The molecule has 0 saturated heterocycles. The van der Waals surface area contributed by atoms with E-state index in [1.54, 1.807) is 34.9 Å². The number of nitrogens with zero attached hydrogens (tertiary/aromatic N) is 3. The van der Waals surface area contributed by atoms with Crippen LogP contribution in [0.5, 0.6) is 0 Å². The Kier molecular flexibility index (Phi) is 6.58. The SMILES string of the molecule is C=CCn1c(N)cc(=O)nc1S[C@H](CC)C(=O)Nc1ccccc1C#N. The van der Waals surface area contributed by atoms with Gasteiger partial charge in [-0.2, -0.15) is 10.2 Å². The van der Waals surface area contributed by atoms with Gasteiger partial charge < -0.3 is 15.6 Å². The zero-order valence-electron chi connectivity index (χ0n) is 14.3. The van der Waals surface area contributed by atoms with Crippen LogP contribution >= 0.6 is 11.8 Å². The number of hydrogen-bond acceptors (Lipinski definition) is 6. The number of amides is 1. The van der Waals surface area contributed by atoms with E-state index in [0.29, 0.717) is 29.4 Å². The van der Waals surface area contributed by atoms with Crippen LogP contribution in [0, 0.1) is 11.3 Å². The molecule has 0 unspecified atom stereocenters. The fraction of sp³-hybridized carbons (Fsp3) is 0.222. The number of benzene rings is 1. The number of aromatic nitrogens is 2. The van der Waals surface area contributed by atoms with E-state index >= 15 is 0 Å². The molecule has 0 saturated carbocycles. The summed E-state index contributed by atoms with van der Waals surface area (Å²) in [6.07, 6.45) is 2.14. The van der Waals surface area contributed by atoms with Gasteiger partial charge in [-0.3, -0.25) is 9.59 Å². The van der Waals surface area contributed by atoms with E-state index < -0.39 is 10.8 Å². The van der Waals surface area contributed by atoms with E-state index in [0.717, 1.165) is 11.8 Å². The van der Waals surface area contributed by atoms with Crippen molar-refractivity contribution < 1.29 is 4.79 Å². The zero-order valence-corrected chi connectivity index (χ0v) is 15.1. The molecular formula is C18H19N5O2S. The lowest BCUT2D eigenvalue weighted by atomic mass is 10.2. The van der Waals surface area contributed by atoms with Crippen molar-refractivity contribution >= 4 is 29.2 Å². The number of allylic oxidation sites excluding steroid dienone is 1. The smallest absolute Gasteiger partial charge is 0.275 e. The highest BCUT2D eigenvalue weighted by Crippen LogP contribution is 2.26. The average molecular weight is 369 g/mol. The van der Waals surface area contributed by atoms with Crippen molar-refractivity contribution in [3.8, 4) is 6.07 Å². The first-order valence-corrected chi connectivity index (χ1v) is 8.83. The molecule has 2 rings (SSSR count). The predicted molar refractivity (Wildman–Crippen MR) is 103 cm³/mol. The van der Waals surface area contributed by atoms with E-state index in [1.807, 2.05) is 13.0 Å². The van der Waals surface area contributed by atoms with Crippen LogP contribution in [0.15, 0.2) is 52.9 Å². The van der Waals surface area contributed by atoms with Crippen molar-refractivity contribution in [2.75, 3.05) is 11.1 Å². The summed E-state index contributed by atoms with van der Waals surface area (Å²) >= 11 is 1.15. The molecule has 1 amide bonds. The Labute approximate surface area is 155 Å². The lowest BCUT2D eigenvalue weighted by Crippen LogP contribution is -2.27. The average Bonchev–Trinajstić information content (AvgIpc) is 2.62. The van der Waals surface area contributed by atoms with Crippen LogP contribution in [-0.4, -0.2) is 20.7 Å². The van der Waals surface area contributed by atoms with E-state index in [2.05, 4.69) is 16.9 Å². The van der Waals surface area contributed by atoms with E-state index in [-0.39, 0.29) is 11.7 Å². The molecule has 0 fully saturated rings. The molecule has 1 heterocycles. The van der Waals surface area contributed by atoms with Gasteiger partial charge >= 0.3 is 0 Å². The molecule has 7 nitrogen and oxygen atoms in total. The molecule has 0 aliphatic heterocycles. The third-order valence-corrected chi connectivity index (χ3v) is 4.90. The number of thioether (sulfide) groups is 1. The van der Waals surface area contributed by atoms with Gasteiger partial charge in [0.1, 0.15) is 11.9 Å². The van der Waals surface area contributed by atoms with Crippen LogP contribution < -0.4 is 16.6 Å². The highest BCUT2D eigenvalue weighted by molar-refractivity contribution is 8.00. The third-order valence-electron chi connectivity index (χ3n) is 3.55. The molecule has 8 heteroatoms. The topological polar surface area (TPSA) is 114 Å². The Hall–Kier alpha value is -3.05. The fourth-order valence-electron chi connectivity index (χ4n) is 2.26. The van der Waals surface area contributed by atoms with Gasteiger partial charge in [-0.1, -0.05) is 36.9 Å². The van der Waals surface area contributed by atoms with Gasteiger partial charge in [0.2, 0.25) is 5.91 Å². The number of hydrogen-bond donors (Lipinski definition) is 2. The van der Waals surface area contributed by atoms with Crippen LogP contribution in [0.1, 0.15) is 18.9 Å². The fourth-order valence-corrected chi connectivity index (χ4v) is 3.29. The van der Waals surface area contributed by atoms with Crippen molar-refractivity contribution in [2.24, 2.45) is 0 Å². The Morgan fingerprint density at radius 2 is 2.27 bits per heavy atom. The van der Waals surface area contributed by atoms with E-state index in [4.69, 9.17) is 11.0 Å². The van der Waals surface area contributed by atoms with Crippen LogP contribution in [-0.2, 0) is 11.3 Å². The first-order chi connectivity index (χ1) is 12.5. The lowest BCUT2D eigenvalue weighted by Gasteiger charge is -2.18. The number of para-hydroxylation sites is 1. The molecule has 0 bridgehead atoms. The first kappa shape index (κ1) is 19.3. The van der Waals surface area contributed by atoms with Gasteiger partial charge in [-0.05, 0) is 18.6 Å². The molecule has 3 N–H and O–H groups in total. The largest absolute Gasteiger partial charge is 0.385 e. The molecule has 26 heavy (non-hydrogen) atoms. The minimum atomic E-state index is -0.508. The summed E-state index contributed by atoms with van der Waals surface area (Å²) in [5.74, 6) is -0.0143. The third kappa shape index (κ3) is 4.52. The molecule has 1 aromatic carbocycles. The number of nitrogens with one attached hydrogen (secondary N) is 1. The quantitative estimate of drug-likeness (QED) is 0.440. The summed E-state index contributed by atoms with van der Waals surface area (Å²) in [5, 5.41) is 11.7. The van der Waals surface area contributed by atoms with Crippen molar-refractivity contribution in [1.29, 1.82) is 5.26 Å². The van der Waals surface area contributed by atoms with Crippen molar-refractivity contribution in [3.63, 3.8) is 0 Å². The number of carbonyl (C=O) groups excluding carboxylic acids is 1. The van der Waals surface area contributed by atoms with Gasteiger partial charge in [0.15, 0.2) is 5.16 Å². The molecule has 0 aliphatic carbocycles. The number of nitrogens with two attached hydrogens (primary N) is 1. The molecule has 0 spiro atoms. The monoisotopic (exact) mass is 369 g/mol. The van der Waals surface area contributed by atoms with Crippen LogP contribution in [0.3, 0.4) is 0 Å². The zero-order chi connectivity index (χ0) is 19.1. The lowest BCUT2D eigenvalue weighted by molar-refractivity contribution is -0.115. The van der Waals surface area contributed by atoms with E-state index in [9.17, 15) is 9.59 Å². The molecule has 0 radical (unpaired) electrons. The maximum absolute atomic E-state index is 12.6. The molecule has 0 aliphatic rings. The molecule has 2 aromatic rings. The van der Waals surface area contributed by atoms with Gasteiger partial charge in [0, 0.05) is 12.6 Å². The number of nitrogen functional groups attached to an aromatic ring is 1. The van der Waals surface area contributed by atoms with Crippen LogP contribution in [0.4, 0.5) is 11.5 Å². The maximum atomic E-state index is 12.6. The summed E-state index contributed by atoms with van der Waals surface area (Å²) in [6.45, 7) is 5.90. The maximum Gasteiger partial charge on any atom is 0.275 e. The predicted octanol–water partition coefficient (Wildman–Crippen LogP) is 2.39.